The number of thiophene rings is 1. The van der Waals surface area contributed by atoms with Crippen LogP contribution in [0.5, 0.6) is 5.75 Å². The van der Waals surface area contributed by atoms with E-state index >= 15 is 0 Å². The molecular formula is C20H19F3N2O3S. The number of halogens is 3. The number of ether oxygens (including phenoxy) is 1. The van der Waals surface area contributed by atoms with Gasteiger partial charge >= 0.3 is 6.18 Å². The summed E-state index contributed by atoms with van der Waals surface area (Å²) in [6, 6.07) is 8.23. The van der Waals surface area contributed by atoms with Gasteiger partial charge in [-0.2, -0.15) is 13.2 Å². The average Bonchev–Trinajstić information content (AvgIpc) is 3.30. The molecule has 3 rings (SSSR count). The zero-order chi connectivity index (χ0) is 21.0. The van der Waals surface area contributed by atoms with E-state index in [9.17, 15) is 18.0 Å². The van der Waals surface area contributed by atoms with Gasteiger partial charge in [0.15, 0.2) is 0 Å². The fourth-order valence-electron chi connectivity index (χ4n) is 2.66. The Morgan fingerprint density at radius 2 is 2.03 bits per heavy atom. The molecule has 0 aliphatic carbocycles. The summed E-state index contributed by atoms with van der Waals surface area (Å²) in [6.45, 7) is 3.28. The summed E-state index contributed by atoms with van der Waals surface area (Å²) < 4.78 is 49.9. The van der Waals surface area contributed by atoms with E-state index in [1.54, 1.807) is 13.8 Å². The fourth-order valence-corrected chi connectivity index (χ4v) is 3.31. The number of benzene rings is 1. The van der Waals surface area contributed by atoms with Gasteiger partial charge in [0.1, 0.15) is 18.1 Å². The second-order valence-electron chi connectivity index (χ2n) is 6.45. The van der Waals surface area contributed by atoms with Crippen LogP contribution in [0.1, 0.15) is 23.9 Å². The van der Waals surface area contributed by atoms with Gasteiger partial charge in [0.2, 0.25) is 11.8 Å². The number of alkyl halides is 3. The van der Waals surface area contributed by atoms with Crippen LogP contribution in [0.3, 0.4) is 0 Å². The molecule has 5 nitrogen and oxygen atoms in total. The Morgan fingerprint density at radius 1 is 1.28 bits per heavy atom. The van der Waals surface area contributed by atoms with Crippen molar-refractivity contribution in [3.63, 3.8) is 0 Å². The van der Waals surface area contributed by atoms with E-state index in [2.05, 4.69) is 10.3 Å². The average molecular weight is 424 g/mol. The summed E-state index contributed by atoms with van der Waals surface area (Å²) in [5, 5.41) is 4.61. The Bertz CT molecular complexity index is 968. The number of hydrogen-bond donors (Lipinski definition) is 1. The van der Waals surface area contributed by atoms with Crippen molar-refractivity contribution in [1.82, 2.24) is 10.3 Å². The van der Waals surface area contributed by atoms with Crippen molar-refractivity contribution in [1.29, 1.82) is 0 Å². The SMILES string of the molecule is Cc1oc(-c2cccs2)nc1CC(=O)NC(C)COc1ccccc1C(F)(F)F. The summed E-state index contributed by atoms with van der Waals surface area (Å²) in [4.78, 5) is 17.5. The standard InChI is InChI=1S/C20H19F3N2O3S/c1-12(11-27-16-7-4-3-6-14(16)20(21,22)23)24-18(26)10-15-13(2)28-19(25-15)17-8-5-9-29-17/h3-9,12H,10-11H2,1-2H3,(H,24,26). The minimum absolute atomic E-state index is 0.00415. The van der Waals surface area contributed by atoms with Crippen molar-refractivity contribution < 1.29 is 27.1 Å². The smallest absolute Gasteiger partial charge is 0.419 e. The Morgan fingerprint density at radius 3 is 2.72 bits per heavy atom. The number of carbonyl (C=O) groups is 1. The highest BCUT2D eigenvalue weighted by Gasteiger charge is 2.34. The van der Waals surface area contributed by atoms with Crippen LogP contribution in [-0.4, -0.2) is 23.5 Å². The van der Waals surface area contributed by atoms with Gasteiger partial charge in [-0.15, -0.1) is 11.3 Å². The third-order valence-corrected chi connectivity index (χ3v) is 4.90. The van der Waals surface area contributed by atoms with Gasteiger partial charge in [-0.3, -0.25) is 4.79 Å². The van der Waals surface area contributed by atoms with Crippen LogP contribution in [0.2, 0.25) is 0 Å². The molecule has 0 saturated carbocycles. The van der Waals surface area contributed by atoms with Crippen molar-refractivity contribution in [2.24, 2.45) is 0 Å². The molecule has 3 aromatic rings. The highest BCUT2D eigenvalue weighted by atomic mass is 32.1. The van der Waals surface area contributed by atoms with Crippen molar-refractivity contribution in [3.05, 3.63) is 58.8 Å². The molecule has 1 unspecified atom stereocenters. The first-order valence-electron chi connectivity index (χ1n) is 8.82. The molecule has 1 aromatic carbocycles. The number of nitrogens with one attached hydrogen (secondary N) is 1. The van der Waals surface area contributed by atoms with E-state index in [4.69, 9.17) is 9.15 Å². The maximum atomic E-state index is 13.0. The van der Waals surface area contributed by atoms with E-state index in [-0.39, 0.29) is 24.7 Å². The van der Waals surface area contributed by atoms with Gasteiger partial charge < -0.3 is 14.5 Å². The fraction of sp³-hybridized carbons (Fsp3) is 0.300. The maximum Gasteiger partial charge on any atom is 0.419 e. The van der Waals surface area contributed by atoms with Crippen LogP contribution in [0.25, 0.3) is 10.8 Å². The number of hydrogen-bond acceptors (Lipinski definition) is 5. The van der Waals surface area contributed by atoms with Gasteiger partial charge in [0.25, 0.3) is 0 Å². The third-order valence-electron chi connectivity index (χ3n) is 4.04. The quantitative estimate of drug-likeness (QED) is 0.589. The first-order valence-corrected chi connectivity index (χ1v) is 9.70. The molecule has 2 heterocycles. The van der Waals surface area contributed by atoms with Crippen LogP contribution in [-0.2, 0) is 17.4 Å². The zero-order valence-corrected chi connectivity index (χ0v) is 16.6. The molecule has 29 heavy (non-hydrogen) atoms. The Balaban J connectivity index is 1.55. The van der Waals surface area contributed by atoms with Crippen LogP contribution >= 0.6 is 11.3 Å². The first-order chi connectivity index (χ1) is 13.7. The Labute approximate surface area is 169 Å². The van der Waals surface area contributed by atoms with Crippen LogP contribution in [0.15, 0.2) is 46.2 Å². The van der Waals surface area contributed by atoms with Gasteiger partial charge in [-0.05, 0) is 37.4 Å². The molecule has 9 heteroatoms. The van der Waals surface area contributed by atoms with Crippen molar-refractivity contribution in [2.45, 2.75) is 32.5 Å². The van der Waals surface area contributed by atoms with Gasteiger partial charge in [-0.1, -0.05) is 18.2 Å². The van der Waals surface area contributed by atoms with E-state index < -0.39 is 17.8 Å². The lowest BCUT2D eigenvalue weighted by Crippen LogP contribution is -2.38. The minimum Gasteiger partial charge on any atom is -0.491 e. The summed E-state index contributed by atoms with van der Waals surface area (Å²) in [6.07, 6.45) is -4.50. The number of amides is 1. The topological polar surface area (TPSA) is 64.4 Å². The minimum atomic E-state index is -4.51. The van der Waals surface area contributed by atoms with Crippen LogP contribution < -0.4 is 10.1 Å². The lowest BCUT2D eigenvalue weighted by atomic mass is 10.2. The van der Waals surface area contributed by atoms with E-state index in [1.807, 2.05) is 17.5 Å². The molecule has 1 amide bonds. The molecule has 0 bridgehead atoms. The largest absolute Gasteiger partial charge is 0.491 e. The number of aryl methyl sites for hydroxylation is 1. The molecule has 0 aliphatic rings. The van der Waals surface area contributed by atoms with Crippen molar-refractivity contribution in [2.75, 3.05) is 6.61 Å². The van der Waals surface area contributed by atoms with Gasteiger partial charge in [-0.25, -0.2) is 4.98 Å². The Hall–Kier alpha value is -2.81. The summed E-state index contributed by atoms with van der Waals surface area (Å²) >= 11 is 1.48. The van der Waals surface area contributed by atoms with Gasteiger partial charge in [0.05, 0.1) is 28.6 Å². The Kier molecular flexibility index (Phi) is 6.26. The van der Waals surface area contributed by atoms with Gasteiger partial charge in [0, 0.05) is 0 Å². The van der Waals surface area contributed by atoms with Crippen LogP contribution in [0.4, 0.5) is 13.2 Å². The number of nitrogens with zero attached hydrogens (tertiary/aromatic N) is 1. The number of para-hydroxylation sites is 1. The molecular weight excluding hydrogens is 405 g/mol. The van der Waals surface area contributed by atoms with Crippen LogP contribution in [0, 0.1) is 6.92 Å². The summed E-state index contributed by atoms with van der Waals surface area (Å²) in [7, 11) is 0. The number of aromatic nitrogens is 1. The third kappa shape index (κ3) is 5.38. The number of oxazole rings is 1. The number of carbonyl (C=O) groups excluding carboxylic acids is 1. The summed E-state index contributed by atoms with van der Waals surface area (Å²) in [5.74, 6) is 0.417. The molecule has 154 valence electrons. The zero-order valence-electron chi connectivity index (χ0n) is 15.7. The van der Waals surface area contributed by atoms with E-state index in [1.165, 1.54) is 29.5 Å². The second-order valence-corrected chi connectivity index (χ2v) is 7.40. The number of rotatable bonds is 7. The highest BCUT2D eigenvalue weighted by Crippen LogP contribution is 2.35. The summed E-state index contributed by atoms with van der Waals surface area (Å²) in [5.41, 5.74) is -0.334. The predicted molar refractivity (Wildman–Crippen MR) is 103 cm³/mol. The molecule has 1 N–H and O–H groups in total. The lowest BCUT2D eigenvalue weighted by molar-refractivity contribution is -0.139. The molecule has 0 aliphatic heterocycles. The molecule has 0 fully saturated rings. The lowest BCUT2D eigenvalue weighted by Gasteiger charge is -2.17. The van der Waals surface area contributed by atoms with Crippen molar-refractivity contribution >= 4 is 17.2 Å². The maximum absolute atomic E-state index is 13.0. The first kappa shape index (κ1) is 20.9. The molecule has 1 atom stereocenters. The van der Waals surface area contributed by atoms with E-state index in [0.29, 0.717) is 17.3 Å². The molecule has 0 saturated heterocycles. The second kappa shape index (κ2) is 8.69. The molecule has 0 spiro atoms. The molecule has 0 radical (unpaired) electrons. The monoisotopic (exact) mass is 424 g/mol. The normalized spacial score (nSPS) is 12.6. The predicted octanol–water partition coefficient (Wildman–Crippen LogP) is 4.86. The van der Waals surface area contributed by atoms with E-state index in [0.717, 1.165) is 10.9 Å². The van der Waals surface area contributed by atoms with Crippen molar-refractivity contribution in [3.8, 4) is 16.5 Å². The highest BCUT2D eigenvalue weighted by molar-refractivity contribution is 7.13. The molecule has 2 aromatic heterocycles.